The quantitative estimate of drug-likeness (QED) is 0.0848. The molecule has 0 bridgehead atoms. The number of hydrogen-bond donors (Lipinski definition) is 1. The number of aliphatic hydroxyl groups excluding tert-OH is 1. The van der Waals surface area contributed by atoms with Crippen LogP contribution in [0.2, 0.25) is 0 Å². The van der Waals surface area contributed by atoms with Crippen molar-refractivity contribution in [3.8, 4) is 0 Å². The molecule has 3 unspecified atom stereocenters. The molecule has 0 aliphatic carbocycles. The Morgan fingerprint density at radius 3 is 0.649 bits per heavy atom. The fraction of sp³-hybridized carbons (Fsp3) is 0.945. The van der Waals surface area contributed by atoms with Gasteiger partial charge in [-0.3, -0.25) is 0 Å². The van der Waals surface area contributed by atoms with Gasteiger partial charge in [-0.2, -0.15) is 0 Å². The normalized spacial score (nSPS) is 13.0. The third-order valence-electron chi connectivity index (χ3n) is 18.2. The predicted octanol–water partition coefficient (Wildman–Crippen LogP) is 38.7. The first-order valence-corrected chi connectivity index (χ1v) is 48.0. The van der Waals surface area contributed by atoms with Crippen molar-refractivity contribution in [2.24, 2.45) is 66.5 Å². The smallest absolute Gasteiger partial charge is 0.0598 e. The first-order chi connectivity index (χ1) is 50.8. The minimum absolute atomic E-state index is 0.0274. The summed E-state index contributed by atoms with van der Waals surface area (Å²) < 4.78 is 22.5. The molecule has 0 aromatic heterocycles. The number of hydrogen-bond acceptors (Lipinski definition) is 5. The first-order valence-electron chi connectivity index (χ1n) is 48.0. The van der Waals surface area contributed by atoms with Gasteiger partial charge in [0.2, 0.25) is 0 Å². The fourth-order valence-electron chi connectivity index (χ4n) is 8.87. The van der Waals surface area contributed by atoms with Gasteiger partial charge in [-0.25, -0.2) is 0 Å². The van der Waals surface area contributed by atoms with Gasteiger partial charge in [-0.1, -0.05) is 437 Å². The standard InChI is InChI=1S/2C12H26O.C12H26.C10H14.2C8H18O.2C8H18.2C7H16.C6H14O.C6H14.C5H12/c2*1-6-8-9-11(7-2)10-13-12(3,4)5;1-6-8-9-11(7-2)10-12(3,4)5;1-10(2,3)9-7-5-4-6-8-9;2*1-5-6-7-9-8(2,3)4;1-7(2,3)8(4,5)6;1-5-6-7-8(2,3)4;2*1-5-6-7(2,3)4;1-6(2,3)4-5-7;1-5-6(2,3)4;1-5(2,3)4/h2*11H,6-10H2,1-5H3;11H,6-10H2,1-5H3;4-8H,1-3H3;2*5-7H2,1-4H3;1-6H3;5-7H2,1-4H3;2*5-6H2,1-4H3;7H,4-5H2,1-3H3;5H2,1-4H3;1-4H3. The monoisotopic (exact) mass is 1630 g/mol. The lowest BCUT2D eigenvalue weighted by Gasteiger charge is -2.34. The summed E-state index contributed by atoms with van der Waals surface area (Å²) >= 11 is 0. The van der Waals surface area contributed by atoms with Crippen LogP contribution in [-0.4, -0.2) is 60.5 Å². The molecule has 0 heterocycles. The maximum absolute atomic E-state index is 8.40. The van der Waals surface area contributed by atoms with Crippen molar-refractivity contribution in [2.75, 3.05) is 33.0 Å². The Balaban J connectivity index is -0.0000000997. The average molecular weight is 1630 g/mol. The molecule has 0 spiro atoms. The Morgan fingerprint density at radius 2 is 0.518 bits per heavy atom. The van der Waals surface area contributed by atoms with Crippen LogP contribution >= 0.6 is 0 Å². The Hall–Kier alpha value is -0.980. The van der Waals surface area contributed by atoms with Crippen LogP contribution in [-0.2, 0) is 24.4 Å². The molecule has 1 rings (SSSR count). The molecule has 702 valence electrons. The summed E-state index contributed by atoms with van der Waals surface area (Å²) in [7, 11) is 0. The third-order valence-corrected chi connectivity index (χ3v) is 18.2. The van der Waals surface area contributed by atoms with Gasteiger partial charge in [-0.05, 0) is 218 Å². The highest BCUT2D eigenvalue weighted by atomic mass is 16.5. The van der Waals surface area contributed by atoms with Crippen molar-refractivity contribution in [3.05, 3.63) is 35.9 Å². The van der Waals surface area contributed by atoms with E-state index in [0.717, 1.165) is 50.6 Å². The summed E-state index contributed by atoms with van der Waals surface area (Å²) in [5, 5.41) is 8.40. The molecule has 1 aromatic rings. The molecule has 0 aliphatic heterocycles. The van der Waals surface area contributed by atoms with Gasteiger partial charge in [0.1, 0.15) is 0 Å². The van der Waals surface area contributed by atoms with E-state index in [2.05, 4.69) is 411 Å². The van der Waals surface area contributed by atoms with E-state index in [1.54, 1.807) is 0 Å². The molecular weight excluding hydrogens is 1390 g/mol. The van der Waals surface area contributed by atoms with E-state index in [0.29, 0.717) is 60.8 Å². The van der Waals surface area contributed by atoms with Crippen molar-refractivity contribution >= 4 is 0 Å². The molecule has 0 aliphatic rings. The van der Waals surface area contributed by atoms with Gasteiger partial charge in [0.25, 0.3) is 0 Å². The summed E-state index contributed by atoms with van der Waals surface area (Å²) in [6.45, 7) is 126. The van der Waals surface area contributed by atoms with E-state index in [1.165, 1.54) is 166 Å². The maximum Gasteiger partial charge on any atom is 0.0598 e. The van der Waals surface area contributed by atoms with E-state index in [4.69, 9.17) is 24.1 Å². The van der Waals surface area contributed by atoms with E-state index in [-0.39, 0.29) is 22.4 Å². The summed E-state index contributed by atoms with van der Waals surface area (Å²) in [4.78, 5) is 0. The van der Waals surface area contributed by atoms with Crippen molar-refractivity contribution < 1.29 is 24.1 Å². The zero-order chi connectivity index (χ0) is 93.6. The number of benzene rings is 1. The summed E-state index contributed by atoms with van der Waals surface area (Å²) in [6.07, 6.45) is 33.7. The molecule has 0 radical (unpaired) electrons. The zero-order valence-electron chi connectivity index (χ0n) is 91.1. The summed E-state index contributed by atoms with van der Waals surface area (Å²) in [5.74, 6) is 2.49. The fourth-order valence-corrected chi connectivity index (χ4v) is 8.87. The third kappa shape index (κ3) is 170. The van der Waals surface area contributed by atoms with Gasteiger partial charge < -0.3 is 24.1 Å². The van der Waals surface area contributed by atoms with E-state index < -0.39 is 0 Å². The molecular formula is C109H236O5. The second-order valence-corrected chi connectivity index (χ2v) is 48.8. The molecule has 1 aromatic carbocycles. The van der Waals surface area contributed by atoms with Crippen LogP contribution in [0.25, 0.3) is 0 Å². The number of aliphatic hydroxyl groups is 1. The van der Waals surface area contributed by atoms with Crippen LogP contribution < -0.4 is 0 Å². The van der Waals surface area contributed by atoms with Gasteiger partial charge in [0, 0.05) is 19.8 Å². The summed E-state index contributed by atoms with van der Waals surface area (Å²) in [6, 6.07) is 10.6. The van der Waals surface area contributed by atoms with Crippen molar-refractivity contribution in [1.82, 2.24) is 0 Å². The lowest BCUT2D eigenvalue weighted by Crippen LogP contribution is -2.25. The Labute approximate surface area is 730 Å². The highest BCUT2D eigenvalue weighted by Crippen LogP contribution is 2.37. The molecule has 114 heavy (non-hydrogen) atoms. The van der Waals surface area contributed by atoms with Crippen LogP contribution in [0.15, 0.2) is 30.3 Å². The van der Waals surface area contributed by atoms with Crippen molar-refractivity contribution in [1.29, 1.82) is 0 Å². The lowest BCUT2D eigenvalue weighted by molar-refractivity contribution is -0.0246. The van der Waals surface area contributed by atoms with E-state index in [1.807, 2.05) is 0 Å². The van der Waals surface area contributed by atoms with Crippen LogP contribution in [0.3, 0.4) is 0 Å². The molecule has 5 heteroatoms. The van der Waals surface area contributed by atoms with Crippen LogP contribution in [0.1, 0.15) is 553 Å². The second-order valence-electron chi connectivity index (χ2n) is 48.8. The zero-order valence-corrected chi connectivity index (χ0v) is 91.1. The minimum Gasteiger partial charge on any atom is -0.396 e. The Kier molecular flexibility index (Phi) is 92.3. The predicted molar refractivity (Wildman–Crippen MR) is 534 cm³/mol. The SMILES string of the molecule is CC(C)(C)C.CC(C)(C)C(C)(C)C.CC(C)(C)CCO.CC(C)(C)c1ccccc1.CCC(C)(C)C.CCCC(C)(C)C.CCCC(C)(C)C.CCCCC(C)(C)C.CCCCC(CC)CC(C)(C)C.CCCCC(CC)COC(C)(C)C.CCCCC(CC)COC(C)(C)C.CCCCOC(C)(C)C.CCCCOC(C)(C)C. The highest BCUT2D eigenvalue weighted by Gasteiger charge is 2.27. The van der Waals surface area contributed by atoms with Crippen LogP contribution in [0.5, 0.6) is 0 Å². The molecule has 0 amide bonds. The number of ether oxygens (including phenoxy) is 4. The molecule has 1 N–H and O–H groups in total. The number of rotatable bonds is 28. The van der Waals surface area contributed by atoms with Gasteiger partial charge in [0.15, 0.2) is 0 Å². The van der Waals surface area contributed by atoms with Crippen molar-refractivity contribution in [3.63, 3.8) is 0 Å². The highest BCUT2D eigenvalue weighted by molar-refractivity contribution is 5.22. The summed E-state index contributed by atoms with van der Waals surface area (Å²) in [5.41, 5.74) is 6.24. The van der Waals surface area contributed by atoms with Crippen LogP contribution in [0.4, 0.5) is 0 Å². The molecule has 0 saturated carbocycles. The molecule has 5 nitrogen and oxygen atoms in total. The number of unbranched alkanes of at least 4 members (excludes halogenated alkanes) is 6. The Morgan fingerprint density at radius 1 is 0.272 bits per heavy atom. The topological polar surface area (TPSA) is 57.2 Å². The molecule has 3 atom stereocenters. The van der Waals surface area contributed by atoms with E-state index >= 15 is 0 Å². The molecule has 0 fully saturated rings. The first kappa shape index (κ1) is 139. The second kappa shape index (κ2) is 75.7. The van der Waals surface area contributed by atoms with Gasteiger partial charge in [0.05, 0.1) is 35.6 Å². The lowest BCUT2D eigenvalue weighted by atomic mass is 9.71. The maximum atomic E-state index is 8.40. The Bertz CT molecular complexity index is 1870. The largest absolute Gasteiger partial charge is 0.396 e. The minimum atomic E-state index is 0.0274. The van der Waals surface area contributed by atoms with Gasteiger partial charge in [-0.15, -0.1) is 0 Å². The van der Waals surface area contributed by atoms with E-state index in [9.17, 15) is 0 Å². The van der Waals surface area contributed by atoms with Gasteiger partial charge >= 0.3 is 0 Å². The van der Waals surface area contributed by atoms with Crippen molar-refractivity contribution in [2.45, 2.75) is 576 Å². The average Bonchev–Trinajstić information content (AvgIpc) is 0.877. The molecule has 0 saturated heterocycles. The van der Waals surface area contributed by atoms with Crippen LogP contribution in [0, 0.1) is 66.5 Å².